The van der Waals surface area contributed by atoms with Crippen LogP contribution in [0.25, 0.3) is 0 Å². The highest BCUT2D eigenvalue weighted by atomic mass is 16.5. The van der Waals surface area contributed by atoms with Crippen molar-refractivity contribution in [3.63, 3.8) is 0 Å². The van der Waals surface area contributed by atoms with E-state index in [9.17, 15) is 4.79 Å². The van der Waals surface area contributed by atoms with Crippen LogP contribution >= 0.6 is 0 Å². The van der Waals surface area contributed by atoms with E-state index in [1.54, 1.807) is 31.4 Å². The van der Waals surface area contributed by atoms with Gasteiger partial charge in [-0.1, -0.05) is 18.2 Å². The number of hydrogen-bond donors (Lipinski definition) is 1. The number of benzene rings is 2. The van der Waals surface area contributed by atoms with Crippen LogP contribution in [-0.4, -0.2) is 56.0 Å². The number of carbonyl (C=O) groups is 1. The van der Waals surface area contributed by atoms with Crippen molar-refractivity contribution in [2.75, 3.05) is 44.9 Å². The van der Waals surface area contributed by atoms with E-state index in [2.05, 4.69) is 15.9 Å². The van der Waals surface area contributed by atoms with Gasteiger partial charge in [-0.05, 0) is 30.3 Å². The van der Waals surface area contributed by atoms with Crippen LogP contribution in [0.15, 0.2) is 48.5 Å². The van der Waals surface area contributed by atoms with Gasteiger partial charge >= 0.3 is 5.97 Å². The summed E-state index contributed by atoms with van der Waals surface area (Å²) < 4.78 is 11.2. The third-order valence-corrected chi connectivity index (χ3v) is 4.29. The second kappa shape index (κ2) is 7.90. The standard InChI is InChI=1S/C19H22N2O4/c1-24-18-8-3-2-7-17(18)21-11-9-20(10-12-21)14-25-16-6-4-5-15(13-16)19(22)23/h2-8,13H,9-12,14H2,1H3,(H,22,23). The normalized spacial score (nSPS) is 15.0. The molecule has 1 N–H and O–H groups in total. The smallest absolute Gasteiger partial charge is 0.335 e. The number of hydrogen-bond acceptors (Lipinski definition) is 5. The van der Waals surface area contributed by atoms with Gasteiger partial charge in [0.05, 0.1) is 18.4 Å². The van der Waals surface area contributed by atoms with Crippen molar-refractivity contribution in [2.45, 2.75) is 0 Å². The first-order valence-electron chi connectivity index (χ1n) is 8.24. The molecule has 2 aromatic rings. The second-order valence-electron chi connectivity index (χ2n) is 5.88. The minimum absolute atomic E-state index is 0.235. The third-order valence-electron chi connectivity index (χ3n) is 4.29. The summed E-state index contributed by atoms with van der Waals surface area (Å²) in [5, 5.41) is 9.02. The zero-order chi connectivity index (χ0) is 17.6. The van der Waals surface area contributed by atoms with Crippen molar-refractivity contribution in [3.05, 3.63) is 54.1 Å². The van der Waals surface area contributed by atoms with Crippen LogP contribution in [-0.2, 0) is 0 Å². The molecule has 1 fully saturated rings. The van der Waals surface area contributed by atoms with Gasteiger partial charge in [0.15, 0.2) is 0 Å². The summed E-state index contributed by atoms with van der Waals surface area (Å²) in [6.45, 7) is 3.97. The maximum atomic E-state index is 11.0. The average Bonchev–Trinajstić information content (AvgIpc) is 2.67. The quantitative estimate of drug-likeness (QED) is 0.870. The molecule has 0 spiro atoms. The molecule has 0 amide bonds. The van der Waals surface area contributed by atoms with Crippen molar-refractivity contribution in [1.29, 1.82) is 0 Å². The van der Waals surface area contributed by atoms with Crippen LogP contribution in [0.1, 0.15) is 10.4 Å². The Morgan fingerprint density at radius 3 is 2.56 bits per heavy atom. The highest BCUT2D eigenvalue weighted by Gasteiger charge is 2.19. The molecule has 3 rings (SSSR count). The molecule has 0 bridgehead atoms. The molecular weight excluding hydrogens is 320 g/mol. The number of anilines is 1. The lowest BCUT2D eigenvalue weighted by atomic mass is 10.2. The zero-order valence-electron chi connectivity index (χ0n) is 14.2. The van der Waals surface area contributed by atoms with Crippen molar-refractivity contribution in [1.82, 2.24) is 4.90 Å². The highest BCUT2D eigenvalue weighted by molar-refractivity contribution is 5.88. The average molecular weight is 342 g/mol. The van der Waals surface area contributed by atoms with E-state index in [-0.39, 0.29) is 5.56 Å². The third kappa shape index (κ3) is 4.22. The van der Waals surface area contributed by atoms with Crippen LogP contribution in [0.5, 0.6) is 11.5 Å². The molecular formula is C19H22N2O4. The summed E-state index contributed by atoms with van der Waals surface area (Å²) in [5.41, 5.74) is 1.35. The summed E-state index contributed by atoms with van der Waals surface area (Å²) >= 11 is 0. The van der Waals surface area contributed by atoms with Gasteiger partial charge in [0, 0.05) is 26.2 Å². The fourth-order valence-corrected chi connectivity index (χ4v) is 2.89. The fourth-order valence-electron chi connectivity index (χ4n) is 2.89. The number of methoxy groups -OCH3 is 1. The van der Waals surface area contributed by atoms with Crippen LogP contribution in [0.2, 0.25) is 0 Å². The monoisotopic (exact) mass is 342 g/mol. The molecule has 0 atom stereocenters. The van der Waals surface area contributed by atoms with Crippen LogP contribution in [0.4, 0.5) is 5.69 Å². The predicted octanol–water partition coefficient (Wildman–Crippen LogP) is 2.55. The van der Waals surface area contributed by atoms with E-state index < -0.39 is 5.97 Å². The maximum Gasteiger partial charge on any atom is 0.335 e. The maximum absolute atomic E-state index is 11.0. The molecule has 1 aliphatic rings. The van der Waals surface area contributed by atoms with Gasteiger partial charge in [-0.2, -0.15) is 0 Å². The minimum atomic E-state index is -0.948. The summed E-state index contributed by atoms with van der Waals surface area (Å²) in [6.07, 6.45) is 0. The highest BCUT2D eigenvalue weighted by Crippen LogP contribution is 2.28. The molecule has 1 saturated heterocycles. The Morgan fingerprint density at radius 2 is 1.84 bits per heavy atom. The Labute approximate surface area is 147 Å². The molecule has 0 unspecified atom stereocenters. The Balaban J connectivity index is 1.53. The van der Waals surface area contributed by atoms with E-state index in [1.165, 1.54) is 0 Å². The predicted molar refractivity (Wildman–Crippen MR) is 95.7 cm³/mol. The summed E-state index contributed by atoms with van der Waals surface area (Å²) in [4.78, 5) is 15.5. The first kappa shape index (κ1) is 17.1. The van der Waals surface area contributed by atoms with E-state index in [4.69, 9.17) is 14.6 Å². The van der Waals surface area contributed by atoms with Gasteiger partial charge in [-0.15, -0.1) is 0 Å². The topological polar surface area (TPSA) is 62.2 Å². The Bertz CT molecular complexity index is 727. The van der Waals surface area contributed by atoms with Crippen molar-refractivity contribution >= 4 is 11.7 Å². The first-order valence-corrected chi connectivity index (χ1v) is 8.24. The Kier molecular flexibility index (Phi) is 5.40. The Hall–Kier alpha value is -2.73. The van der Waals surface area contributed by atoms with E-state index in [0.29, 0.717) is 12.5 Å². The van der Waals surface area contributed by atoms with Crippen LogP contribution in [0, 0.1) is 0 Å². The number of piperazine rings is 1. The Morgan fingerprint density at radius 1 is 1.08 bits per heavy atom. The molecule has 6 heteroatoms. The van der Waals surface area contributed by atoms with Crippen molar-refractivity contribution < 1.29 is 19.4 Å². The number of carboxylic acid groups (broad SMARTS) is 1. The van der Waals surface area contributed by atoms with Gasteiger partial charge in [-0.25, -0.2) is 4.79 Å². The number of nitrogens with zero attached hydrogens (tertiary/aromatic N) is 2. The lowest BCUT2D eigenvalue weighted by Gasteiger charge is -2.36. The van der Waals surface area contributed by atoms with Gasteiger partial charge in [0.1, 0.15) is 18.2 Å². The number of para-hydroxylation sites is 2. The van der Waals surface area contributed by atoms with Crippen molar-refractivity contribution in [2.24, 2.45) is 0 Å². The molecule has 132 valence electrons. The molecule has 1 aliphatic heterocycles. The van der Waals surface area contributed by atoms with E-state index in [0.717, 1.165) is 37.6 Å². The van der Waals surface area contributed by atoms with Crippen molar-refractivity contribution in [3.8, 4) is 11.5 Å². The molecule has 1 heterocycles. The molecule has 2 aromatic carbocycles. The lowest BCUT2D eigenvalue weighted by molar-refractivity contribution is 0.0695. The number of rotatable bonds is 6. The minimum Gasteiger partial charge on any atom is -0.495 e. The second-order valence-corrected chi connectivity index (χ2v) is 5.88. The number of ether oxygens (including phenoxy) is 2. The molecule has 0 saturated carbocycles. The SMILES string of the molecule is COc1ccccc1N1CCN(COc2cccc(C(=O)O)c2)CC1. The van der Waals surface area contributed by atoms with Gasteiger partial charge in [-0.3, -0.25) is 4.90 Å². The zero-order valence-corrected chi connectivity index (χ0v) is 14.2. The van der Waals surface area contributed by atoms with E-state index in [1.807, 2.05) is 18.2 Å². The molecule has 0 aromatic heterocycles. The first-order chi connectivity index (χ1) is 12.2. The molecule has 6 nitrogen and oxygen atoms in total. The summed E-state index contributed by atoms with van der Waals surface area (Å²) in [6, 6.07) is 14.6. The van der Waals surface area contributed by atoms with Gasteiger partial charge in [0.25, 0.3) is 0 Å². The summed E-state index contributed by atoms with van der Waals surface area (Å²) in [5.74, 6) is 0.514. The lowest BCUT2D eigenvalue weighted by Crippen LogP contribution is -2.47. The van der Waals surface area contributed by atoms with Crippen LogP contribution < -0.4 is 14.4 Å². The number of aromatic carboxylic acids is 1. The summed E-state index contributed by atoms with van der Waals surface area (Å²) in [7, 11) is 1.69. The number of carboxylic acids is 1. The van der Waals surface area contributed by atoms with Gasteiger partial charge < -0.3 is 19.5 Å². The van der Waals surface area contributed by atoms with Gasteiger partial charge in [0.2, 0.25) is 0 Å². The van der Waals surface area contributed by atoms with E-state index >= 15 is 0 Å². The molecule has 25 heavy (non-hydrogen) atoms. The largest absolute Gasteiger partial charge is 0.495 e. The molecule has 0 aliphatic carbocycles. The fraction of sp³-hybridized carbons (Fsp3) is 0.316. The molecule has 0 radical (unpaired) electrons. The van der Waals surface area contributed by atoms with Crippen LogP contribution in [0.3, 0.4) is 0 Å².